The zero-order valence-electron chi connectivity index (χ0n) is 17.1. The zero-order chi connectivity index (χ0) is 21.8. The van der Waals surface area contributed by atoms with Crippen LogP contribution in [0, 0.1) is 0 Å². The first-order valence-corrected chi connectivity index (χ1v) is 10.4. The minimum Gasteiger partial charge on any atom is -0.497 e. The Hall–Kier alpha value is -3.66. The molecular formula is C21H21N5O4S. The van der Waals surface area contributed by atoms with Crippen molar-refractivity contribution >= 4 is 22.8 Å². The molecule has 3 aromatic heterocycles. The van der Waals surface area contributed by atoms with Crippen molar-refractivity contribution in [3.05, 3.63) is 64.0 Å². The number of carbonyl (C=O) groups excluding carboxylic acids is 1. The van der Waals surface area contributed by atoms with E-state index in [4.69, 9.17) is 9.47 Å². The number of hydrogen-bond donors (Lipinski definition) is 1. The number of amides is 1. The van der Waals surface area contributed by atoms with Gasteiger partial charge in [0.15, 0.2) is 0 Å². The molecule has 0 spiro atoms. The van der Waals surface area contributed by atoms with E-state index in [1.807, 2.05) is 35.7 Å². The first-order valence-electron chi connectivity index (χ1n) is 9.56. The number of aromatic nitrogens is 4. The molecule has 1 N–H and O–H groups in total. The zero-order valence-corrected chi connectivity index (χ0v) is 17.9. The smallest absolute Gasteiger partial charge is 0.293 e. The molecule has 3 heterocycles. The number of ether oxygens (including phenoxy) is 2. The van der Waals surface area contributed by atoms with Crippen molar-refractivity contribution in [1.82, 2.24) is 24.7 Å². The third-order valence-electron chi connectivity index (χ3n) is 4.76. The summed E-state index contributed by atoms with van der Waals surface area (Å²) in [5, 5.41) is 13.2. The summed E-state index contributed by atoms with van der Waals surface area (Å²) in [6.07, 6.45) is 1.99. The molecule has 1 amide bonds. The quantitative estimate of drug-likeness (QED) is 0.451. The van der Waals surface area contributed by atoms with E-state index in [0.29, 0.717) is 29.9 Å². The first kappa shape index (κ1) is 20.6. The van der Waals surface area contributed by atoms with Crippen LogP contribution in [0.25, 0.3) is 16.1 Å². The number of hydrogen-bond acceptors (Lipinski definition) is 7. The third-order valence-corrected chi connectivity index (χ3v) is 5.65. The van der Waals surface area contributed by atoms with Gasteiger partial charge in [0.1, 0.15) is 35.6 Å². The lowest BCUT2D eigenvalue weighted by Crippen LogP contribution is -2.35. The van der Waals surface area contributed by atoms with Crippen molar-refractivity contribution < 1.29 is 14.3 Å². The molecule has 0 atom stereocenters. The molecule has 0 fully saturated rings. The van der Waals surface area contributed by atoms with Gasteiger partial charge in [-0.05, 0) is 47.7 Å². The van der Waals surface area contributed by atoms with Crippen molar-refractivity contribution in [2.75, 3.05) is 20.8 Å². The van der Waals surface area contributed by atoms with Gasteiger partial charge in [0.2, 0.25) is 5.91 Å². The summed E-state index contributed by atoms with van der Waals surface area (Å²) in [6, 6.07) is 11.1. The maximum atomic E-state index is 12.7. The van der Waals surface area contributed by atoms with Crippen molar-refractivity contribution in [3.8, 4) is 22.1 Å². The van der Waals surface area contributed by atoms with Gasteiger partial charge in [-0.15, -0.1) is 11.3 Å². The molecule has 160 valence electrons. The molecule has 0 bridgehead atoms. The summed E-state index contributed by atoms with van der Waals surface area (Å²) < 4.78 is 13.2. The summed E-state index contributed by atoms with van der Waals surface area (Å²) in [5.74, 6) is 1.13. The van der Waals surface area contributed by atoms with Gasteiger partial charge < -0.3 is 14.8 Å². The average Bonchev–Trinajstić information content (AvgIpc) is 3.45. The molecule has 31 heavy (non-hydrogen) atoms. The van der Waals surface area contributed by atoms with E-state index in [1.165, 1.54) is 22.2 Å². The fourth-order valence-electron chi connectivity index (χ4n) is 3.20. The largest absolute Gasteiger partial charge is 0.497 e. The van der Waals surface area contributed by atoms with Gasteiger partial charge in [-0.3, -0.25) is 9.59 Å². The summed E-state index contributed by atoms with van der Waals surface area (Å²) >= 11 is 1.54. The van der Waals surface area contributed by atoms with Crippen LogP contribution < -0.4 is 20.3 Å². The lowest BCUT2D eigenvalue weighted by molar-refractivity contribution is -0.121. The third kappa shape index (κ3) is 4.43. The highest BCUT2D eigenvalue weighted by atomic mass is 32.1. The number of fused-ring (bicyclic) bond motifs is 1. The molecule has 0 radical (unpaired) electrons. The van der Waals surface area contributed by atoms with Crippen molar-refractivity contribution in [2.45, 2.75) is 13.0 Å². The van der Waals surface area contributed by atoms with Crippen molar-refractivity contribution in [1.29, 1.82) is 0 Å². The van der Waals surface area contributed by atoms with Crippen LogP contribution in [0.3, 0.4) is 0 Å². The number of carbonyl (C=O) groups is 1. The van der Waals surface area contributed by atoms with E-state index >= 15 is 0 Å². The molecule has 1 aromatic carbocycles. The lowest BCUT2D eigenvalue weighted by Gasteiger charge is -2.11. The van der Waals surface area contributed by atoms with Crippen LogP contribution in [-0.2, 0) is 17.8 Å². The summed E-state index contributed by atoms with van der Waals surface area (Å²) in [4.78, 5) is 26.1. The molecule has 0 unspecified atom stereocenters. The minimum absolute atomic E-state index is 0.176. The lowest BCUT2D eigenvalue weighted by atomic mass is 10.1. The first-order chi connectivity index (χ1) is 15.1. The Morgan fingerprint density at radius 1 is 1.19 bits per heavy atom. The van der Waals surface area contributed by atoms with E-state index < -0.39 is 0 Å². The Bertz CT molecular complexity index is 1260. The molecule has 0 aliphatic heterocycles. The summed E-state index contributed by atoms with van der Waals surface area (Å²) in [7, 11) is 3.19. The van der Waals surface area contributed by atoms with Crippen molar-refractivity contribution in [2.24, 2.45) is 0 Å². The number of nitrogens with zero attached hydrogens (tertiary/aromatic N) is 4. The SMILES string of the molecule is COc1ccc(OC)c(CCNC(=O)Cn2ncn3nc(-c4cccs4)cc3c2=O)c1. The second-order valence-electron chi connectivity index (χ2n) is 6.71. The molecule has 0 saturated heterocycles. The Labute approximate surface area is 181 Å². The van der Waals surface area contributed by atoms with Crippen LogP contribution in [0.2, 0.25) is 0 Å². The molecule has 9 nitrogen and oxygen atoms in total. The van der Waals surface area contributed by atoms with Crippen LogP contribution >= 0.6 is 11.3 Å². The summed E-state index contributed by atoms with van der Waals surface area (Å²) in [5.41, 5.74) is 1.61. The molecule has 0 aliphatic carbocycles. The highest BCUT2D eigenvalue weighted by molar-refractivity contribution is 7.13. The van der Waals surface area contributed by atoms with Crippen molar-refractivity contribution in [3.63, 3.8) is 0 Å². The maximum Gasteiger partial charge on any atom is 0.293 e. The number of nitrogens with one attached hydrogen (secondary N) is 1. The Morgan fingerprint density at radius 3 is 2.81 bits per heavy atom. The number of rotatable bonds is 8. The minimum atomic E-state index is -0.373. The van der Waals surface area contributed by atoms with Crippen LogP contribution in [0.4, 0.5) is 0 Å². The van der Waals surface area contributed by atoms with Gasteiger partial charge in [-0.1, -0.05) is 6.07 Å². The standard InChI is InChI=1S/C21H21N5O4S/c1-29-15-5-6-18(30-2)14(10-15)7-8-22-20(27)12-25-21(28)17-11-16(19-4-3-9-31-19)24-26(17)13-23-25/h3-6,9-11,13H,7-8,12H2,1-2H3,(H,22,27). The predicted octanol–water partition coefficient (Wildman–Crippen LogP) is 2.00. The van der Waals surface area contributed by atoms with E-state index in [1.54, 1.807) is 20.3 Å². The Balaban J connectivity index is 1.42. The van der Waals surface area contributed by atoms with E-state index in [2.05, 4.69) is 15.5 Å². The molecule has 0 saturated carbocycles. The Morgan fingerprint density at radius 2 is 2.06 bits per heavy atom. The second kappa shape index (κ2) is 9.00. The van der Waals surface area contributed by atoms with Gasteiger partial charge in [0.25, 0.3) is 5.56 Å². The predicted molar refractivity (Wildman–Crippen MR) is 117 cm³/mol. The second-order valence-corrected chi connectivity index (χ2v) is 7.66. The van der Waals surface area contributed by atoms with E-state index in [0.717, 1.165) is 20.9 Å². The van der Waals surface area contributed by atoms with Crippen LogP contribution in [0.1, 0.15) is 5.56 Å². The fraction of sp³-hybridized carbons (Fsp3) is 0.238. The van der Waals surface area contributed by atoms with Crippen LogP contribution in [0.5, 0.6) is 11.5 Å². The molecule has 4 aromatic rings. The highest BCUT2D eigenvalue weighted by Gasteiger charge is 2.13. The van der Waals surface area contributed by atoms with Gasteiger partial charge in [-0.25, -0.2) is 9.20 Å². The monoisotopic (exact) mass is 439 g/mol. The van der Waals surface area contributed by atoms with Gasteiger partial charge in [-0.2, -0.15) is 10.2 Å². The van der Waals surface area contributed by atoms with Gasteiger partial charge >= 0.3 is 0 Å². The van der Waals surface area contributed by atoms with Gasteiger partial charge in [0.05, 0.1) is 19.1 Å². The molecular weight excluding hydrogens is 418 g/mol. The Kier molecular flexibility index (Phi) is 5.99. The average molecular weight is 439 g/mol. The van der Waals surface area contributed by atoms with E-state index in [-0.39, 0.29) is 18.0 Å². The molecule has 10 heteroatoms. The number of benzene rings is 1. The highest BCUT2D eigenvalue weighted by Crippen LogP contribution is 2.24. The van der Waals surface area contributed by atoms with Crippen LogP contribution in [0.15, 0.2) is 52.9 Å². The summed E-state index contributed by atoms with van der Waals surface area (Å²) in [6.45, 7) is 0.207. The van der Waals surface area contributed by atoms with E-state index in [9.17, 15) is 9.59 Å². The molecule has 4 rings (SSSR count). The normalized spacial score (nSPS) is 10.9. The topological polar surface area (TPSA) is 99.8 Å². The van der Waals surface area contributed by atoms with Crippen LogP contribution in [-0.4, -0.2) is 46.1 Å². The van der Waals surface area contributed by atoms with Gasteiger partial charge in [0, 0.05) is 6.54 Å². The number of methoxy groups -OCH3 is 2. The fourth-order valence-corrected chi connectivity index (χ4v) is 3.88. The molecule has 0 aliphatic rings. The number of thiophene rings is 1. The maximum absolute atomic E-state index is 12.7.